The smallest absolute Gasteiger partial charge is 0.339 e. The third-order valence-corrected chi connectivity index (χ3v) is 3.13. The van der Waals surface area contributed by atoms with Gasteiger partial charge >= 0.3 is 5.97 Å². The molecule has 1 aromatic heterocycles. The van der Waals surface area contributed by atoms with E-state index < -0.39 is 5.97 Å². The molecule has 0 radical (unpaired) electrons. The van der Waals surface area contributed by atoms with Gasteiger partial charge in [-0.05, 0) is 38.8 Å². The van der Waals surface area contributed by atoms with Gasteiger partial charge in [0.15, 0.2) is 0 Å². The van der Waals surface area contributed by atoms with E-state index >= 15 is 0 Å². The summed E-state index contributed by atoms with van der Waals surface area (Å²) in [5.41, 5.74) is 1.91. The molecule has 1 aromatic rings. The summed E-state index contributed by atoms with van der Waals surface area (Å²) in [5.74, 6) is -0.357. The van der Waals surface area contributed by atoms with E-state index in [2.05, 4.69) is 18.8 Å². The molecule has 1 atom stereocenters. The van der Waals surface area contributed by atoms with Gasteiger partial charge in [0.25, 0.3) is 0 Å². The van der Waals surface area contributed by atoms with E-state index in [0.717, 1.165) is 17.7 Å². The maximum absolute atomic E-state index is 11.3. The van der Waals surface area contributed by atoms with Crippen molar-refractivity contribution in [3.63, 3.8) is 0 Å². The van der Waals surface area contributed by atoms with E-state index in [9.17, 15) is 9.90 Å². The first kappa shape index (κ1) is 13.5. The van der Waals surface area contributed by atoms with Gasteiger partial charge in [-0.1, -0.05) is 6.92 Å². The molecular formula is C13H20N2O2. The lowest BCUT2D eigenvalue weighted by Gasteiger charge is -2.27. The maximum Gasteiger partial charge on any atom is 0.339 e. The van der Waals surface area contributed by atoms with Crippen molar-refractivity contribution >= 4 is 11.8 Å². The lowest BCUT2D eigenvalue weighted by Crippen LogP contribution is -2.31. The molecular weight excluding hydrogens is 216 g/mol. The SMILES string of the molecule is CCC(C)N(C)c1nc(C)cc(C)c1C(=O)O. The van der Waals surface area contributed by atoms with Crippen LogP contribution in [0.4, 0.5) is 5.82 Å². The van der Waals surface area contributed by atoms with Crippen molar-refractivity contribution in [2.45, 2.75) is 40.2 Å². The summed E-state index contributed by atoms with van der Waals surface area (Å²) in [7, 11) is 1.89. The van der Waals surface area contributed by atoms with Gasteiger partial charge in [-0.3, -0.25) is 0 Å². The van der Waals surface area contributed by atoms with Gasteiger partial charge in [0.1, 0.15) is 11.4 Å². The van der Waals surface area contributed by atoms with Crippen LogP contribution in [0.15, 0.2) is 6.07 Å². The summed E-state index contributed by atoms with van der Waals surface area (Å²) in [6.45, 7) is 7.83. The highest BCUT2D eigenvalue weighted by Crippen LogP contribution is 2.23. The van der Waals surface area contributed by atoms with Gasteiger partial charge in [-0.15, -0.1) is 0 Å². The second-order valence-corrected chi connectivity index (χ2v) is 4.45. The number of hydrogen-bond donors (Lipinski definition) is 1. The Balaban J connectivity index is 3.35. The molecule has 1 N–H and O–H groups in total. The van der Waals surface area contributed by atoms with Crippen molar-refractivity contribution in [1.29, 1.82) is 0 Å². The van der Waals surface area contributed by atoms with Crippen LogP contribution in [0.2, 0.25) is 0 Å². The van der Waals surface area contributed by atoms with Crippen LogP contribution in [0.1, 0.15) is 41.9 Å². The first-order valence-electron chi connectivity index (χ1n) is 5.82. The molecule has 0 aliphatic carbocycles. The maximum atomic E-state index is 11.3. The van der Waals surface area contributed by atoms with E-state index in [1.807, 2.05) is 25.8 Å². The van der Waals surface area contributed by atoms with Crippen LogP contribution >= 0.6 is 0 Å². The molecule has 0 bridgehead atoms. The average molecular weight is 236 g/mol. The number of aryl methyl sites for hydroxylation is 2. The minimum Gasteiger partial charge on any atom is -0.478 e. The van der Waals surface area contributed by atoms with E-state index in [0.29, 0.717) is 11.4 Å². The van der Waals surface area contributed by atoms with Crippen LogP contribution in [0.25, 0.3) is 0 Å². The lowest BCUT2D eigenvalue weighted by molar-refractivity contribution is 0.0696. The normalized spacial score (nSPS) is 12.3. The first-order valence-corrected chi connectivity index (χ1v) is 5.82. The minimum atomic E-state index is -0.917. The Kier molecular flexibility index (Phi) is 4.10. The summed E-state index contributed by atoms with van der Waals surface area (Å²) in [6, 6.07) is 2.07. The quantitative estimate of drug-likeness (QED) is 0.873. The van der Waals surface area contributed by atoms with Gasteiger partial charge < -0.3 is 10.0 Å². The number of carbonyl (C=O) groups is 1. The fourth-order valence-electron chi connectivity index (χ4n) is 1.82. The molecule has 0 aliphatic rings. The molecule has 1 rings (SSSR count). The van der Waals surface area contributed by atoms with Crippen LogP contribution < -0.4 is 4.90 Å². The summed E-state index contributed by atoms with van der Waals surface area (Å²) >= 11 is 0. The molecule has 4 nitrogen and oxygen atoms in total. The standard InChI is InChI=1S/C13H20N2O2/c1-6-10(4)15(5)12-11(13(16)17)8(2)7-9(3)14-12/h7,10H,6H2,1-5H3,(H,16,17). The molecule has 0 saturated heterocycles. The van der Waals surface area contributed by atoms with Crippen molar-refractivity contribution in [3.8, 4) is 0 Å². The Hall–Kier alpha value is -1.58. The number of pyridine rings is 1. The van der Waals surface area contributed by atoms with E-state index in [1.165, 1.54) is 0 Å². The van der Waals surface area contributed by atoms with E-state index in [1.54, 1.807) is 6.07 Å². The number of rotatable bonds is 4. The molecule has 0 fully saturated rings. The van der Waals surface area contributed by atoms with Gasteiger partial charge in [0, 0.05) is 18.8 Å². The van der Waals surface area contributed by atoms with Gasteiger partial charge in [0.2, 0.25) is 0 Å². The first-order chi connectivity index (χ1) is 7.88. The summed E-state index contributed by atoms with van der Waals surface area (Å²) in [4.78, 5) is 17.6. The topological polar surface area (TPSA) is 53.4 Å². The van der Waals surface area contributed by atoms with Crippen LogP contribution in [0, 0.1) is 13.8 Å². The van der Waals surface area contributed by atoms with Crippen molar-refractivity contribution in [3.05, 3.63) is 22.9 Å². The molecule has 0 amide bonds. The van der Waals surface area contributed by atoms with Crippen molar-refractivity contribution < 1.29 is 9.90 Å². The Morgan fingerprint density at radius 1 is 1.53 bits per heavy atom. The average Bonchev–Trinajstić information content (AvgIpc) is 2.25. The zero-order valence-corrected chi connectivity index (χ0v) is 11.1. The monoisotopic (exact) mass is 236 g/mol. The van der Waals surface area contributed by atoms with Crippen LogP contribution in [0.5, 0.6) is 0 Å². The zero-order valence-electron chi connectivity index (χ0n) is 11.1. The predicted octanol–water partition coefficient (Wildman–Crippen LogP) is 2.63. The molecule has 4 heteroatoms. The number of nitrogens with zero attached hydrogens (tertiary/aromatic N) is 2. The largest absolute Gasteiger partial charge is 0.478 e. The fourth-order valence-corrected chi connectivity index (χ4v) is 1.82. The second-order valence-electron chi connectivity index (χ2n) is 4.45. The minimum absolute atomic E-state index is 0.266. The Morgan fingerprint density at radius 2 is 2.12 bits per heavy atom. The molecule has 1 heterocycles. The number of aromatic carboxylic acids is 1. The Morgan fingerprint density at radius 3 is 2.59 bits per heavy atom. The molecule has 0 spiro atoms. The van der Waals surface area contributed by atoms with Crippen molar-refractivity contribution in [2.75, 3.05) is 11.9 Å². The Labute approximate surface area is 102 Å². The molecule has 94 valence electrons. The zero-order chi connectivity index (χ0) is 13.2. The number of anilines is 1. The fraction of sp³-hybridized carbons (Fsp3) is 0.538. The molecule has 17 heavy (non-hydrogen) atoms. The van der Waals surface area contributed by atoms with Gasteiger partial charge in [0.05, 0.1) is 0 Å². The summed E-state index contributed by atoms with van der Waals surface area (Å²) in [6.07, 6.45) is 0.949. The highest BCUT2D eigenvalue weighted by molar-refractivity contribution is 5.95. The summed E-state index contributed by atoms with van der Waals surface area (Å²) in [5, 5.41) is 9.27. The van der Waals surface area contributed by atoms with Crippen LogP contribution in [0.3, 0.4) is 0 Å². The third-order valence-electron chi connectivity index (χ3n) is 3.13. The highest BCUT2D eigenvalue weighted by Gasteiger charge is 2.20. The van der Waals surface area contributed by atoms with Gasteiger partial charge in [-0.25, -0.2) is 9.78 Å². The number of carboxylic acid groups (broad SMARTS) is 1. The third kappa shape index (κ3) is 2.75. The summed E-state index contributed by atoms with van der Waals surface area (Å²) < 4.78 is 0. The molecule has 0 aliphatic heterocycles. The van der Waals surface area contributed by atoms with Crippen molar-refractivity contribution in [1.82, 2.24) is 4.98 Å². The van der Waals surface area contributed by atoms with Crippen LogP contribution in [-0.4, -0.2) is 29.1 Å². The lowest BCUT2D eigenvalue weighted by atomic mass is 10.1. The molecule has 0 saturated carbocycles. The number of carboxylic acids is 1. The Bertz CT molecular complexity index is 430. The molecule has 0 aromatic carbocycles. The number of aromatic nitrogens is 1. The second kappa shape index (κ2) is 5.17. The van der Waals surface area contributed by atoms with Crippen molar-refractivity contribution in [2.24, 2.45) is 0 Å². The van der Waals surface area contributed by atoms with Crippen LogP contribution in [-0.2, 0) is 0 Å². The van der Waals surface area contributed by atoms with Gasteiger partial charge in [-0.2, -0.15) is 0 Å². The highest BCUT2D eigenvalue weighted by atomic mass is 16.4. The predicted molar refractivity (Wildman–Crippen MR) is 68.8 cm³/mol. The van der Waals surface area contributed by atoms with E-state index in [4.69, 9.17) is 0 Å². The van der Waals surface area contributed by atoms with E-state index in [-0.39, 0.29) is 6.04 Å². The number of hydrogen-bond acceptors (Lipinski definition) is 3. The molecule has 1 unspecified atom stereocenters.